The summed E-state index contributed by atoms with van der Waals surface area (Å²) in [6, 6.07) is 0. The molecule has 0 bridgehead atoms. The lowest BCUT2D eigenvalue weighted by Gasteiger charge is -2.03. The van der Waals surface area contributed by atoms with Gasteiger partial charge in [0.1, 0.15) is 5.78 Å². The molecule has 0 amide bonds. The molecule has 0 aromatic carbocycles. The molecule has 0 saturated carbocycles. The lowest BCUT2D eigenvalue weighted by molar-refractivity contribution is -0.119. The van der Waals surface area contributed by atoms with E-state index in [4.69, 9.17) is 4.74 Å². The van der Waals surface area contributed by atoms with E-state index in [9.17, 15) is 4.79 Å². The second-order valence-corrected chi connectivity index (χ2v) is 9.13. The molecule has 0 aromatic rings. The Morgan fingerprint density at radius 2 is 0.893 bits per heavy atom. The molecule has 0 aliphatic carbocycles. The number of rotatable bonds is 22. The van der Waals surface area contributed by atoms with Gasteiger partial charge < -0.3 is 4.74 Å². The van der Waals surface area contributed by atoms with Crippen molar-refractivity contribution in [3.05, 3.63) is 0 Å². The predicted octanol–water partition coefficient (Wildman–Crippen LogP) is 8.55. The zero-order chi connectivity index (χ0) is 20.3. The molecule has 2 atom stereocenters. The lowest BCUT2D eigenvalue weighted by Crippen LogP contribution is -1.98. The minimum Gasteiger partial charge on any atom is -0.370 e. The van der Waals surface area contributed by atoms with E-state index >= 15 is 0 Å². The summed E-state index contributed by atoms with van der Waals surface area (Å²) in [5.41, 5.74) is 0. The molecule has 1 rings (SSSR count). The van der Waals surface area contributed by atoms with Crippen molar-refractivity contribution in [2.75, 3.05) is 0 Å². The first-order valence-electron chi connectivity index (χ1n) is 12.9. The van der Waals surface area contributed by atoms with Crippen LogP contribution in [-0.2, 0) is 9.53 Å². The number of epoxide rings is 1. The number of unbranched alkanes of at least 4 members (excludes halogenated alkanes) is 14. The Kier molecular flexibility index (Phi) is 17.1. The van der Waals surface area contributed by atoms with E-state index in [1.807, 2.05) is 0 Å². The smallest absolute Gasteiger partial charge is 0.132 e. The van der Waals surface area contributed by atoms with Crippen molar-refractivity contribution in [3.63, 3.8) is 0 Å². The first-order valence-corrected chi connectivity index (χ1v) is 12.9. The SMILES string of the molecule is CCCCCCCCC(=O)CCCCCCCC1OC1CCCCCCCC. The molecule has 166 valence electrons. The second-order valence-electron chi connectivity index (χ2n) is 9.13. The summed E-state index contributed by atoms with van der Waals surface area (Å²) < 4.78 is 5.83. The number of carbonyl (C=O) groups excluding carboxylic acids is 1. The minimum absolute atomic E-state index is 0.499. The topological polar surface area (TPSA) is 29.6 Å². The summed E-state index contributed by atoms with van der Waals surface area (Å²) in [6.07, 6.45) is 27.6. The van der Waals surface area contributed by atoms with Gasteiger partial charge in [0.2, 0.25) is 0 Å². The van der Waals surface area contributed by atoms with E-state index in [2.05, 4.69) is 13.8 Å². The van der Waals surface area contributed by atoms with Crippen LogP contribution in [0.1, 0.15) is 149 Å². The molecule has 1 fully saturated rings. The van der Waals surface area contributed by atoms with E-state index in [0.29, 0.717) is 18.0 Å². The molecular formula is C26H50O2. The second kappa shape index (κ2) is 18.6. The standard InChI is InChI=1S/C26H50O2/c1-3-5-7-9-12-16-20-24(27)21-17-13-11-15-19-23-26-25(28-26)22-18-14-10-8-6-4-2/h25-26H,3-23H2,1-2H3. The van der Waals surface area contributed by atoms with Crippen molar-refractivity contribution < 1.29 is 9.53 Å². The fourth-order valence-electron chi connectivity index (χ4n) is 4.24. The molecule has 1 heterocycles. The molecule has 2 nitrogen and oxygen atoms in total. The van der Waals surface area contributed by atoms with Crippen molar-refractivity contribution in [2.45, 2.75) is 161 Å². The number of hydrogen-bond donors (Lipinski definition) is 0. The van der Waals surface area contributed by atoms with E-state index < -0.39 is 0 Å². The fraction of sp³-hybridized carbons (Fsp3) is 0.962. The van der Waals surface area contributed by atoms with Gasteiger partial charge in [-0.1, -0.05) is 110 Å². The van der Waals surface area contributed by atoms with Crippen molar-refractivity contribution in [1.29, 1.82) is 0 Å². The molecule has 0 radical (unpaired) electrons. The van der Waals surface area contributed by atoms with Crippen LogP contribution in [0.25, 0.3) is 0 Å². The first kappa shape index (κ1) is 25.7. The molecule has 0 N–H and O–H groups in total. The van der Waals surface area contributed by atoms with Crippen LogP contribution in [0, 0.1) is 0 Å². The van der Waals surface area contributed by atoms with Gasteiger partial charge in [-0.15, -0.1) is 0 Å². The average Bonchev–Trinajstić information content (AvgIpc) is 3.44. The number of ketones is 1. The molecule has 2 heteroatoms. The summed E-state index contributed by atoms with van der Waals surface area (Å²) >= 11 is 0. The van der Waals surface area contributed by atoms with Crippen molar-refractivity contribution in [2.24, 2.45) is 0 Å². The Morgan fingerprint density at radius 1 is 0.536 bits per heavy atom. The van der Waals surface area contributed by atoms with Crippen LogP contribution in [0.4, 0.5) is 0 Å². The molecule has 0 aromatic heterocycles. The Hall–Kier alpha value is -0.370. The van der Waals surface area contributed by atoms with Gasteiger partial charge in [-0.05, 0) is 25.7 Å². The minimum atomic E-state index is 0.499. The molecule has 1 aliphatic heterocycles. The van der Waals surface area contributed by atoms with Gasteiger partial charge >= 0.3 is 0 Å². The summed E-state index contributed by atoms with van der Waals surface area (Å²) in [7, 11) is 0. The number of Topliss-reactive ketones (excluding diaryl/α,β-unsaturated/α-hetero) is 1. The van der Waals surface area contributed by atoms with Crippen LogP contribution in [0.5, 0.6) is 0 Å². The van der Waals surface area contributed by atoms with E-state index in [1.165, 1.54) is 109 Å². The highest BCUT2D eigenvalue weighted by Crippen LogP contribution is 2.31. The highest BCUT2D eigenvalue weighted by molar-refractivity contribution is 5.78. The largest absolute Gasteiger partial charge is 0.370 e. The van der Waals surface area contributed by atoms with Gasteiger partial charge in [-0.2, -0.15) is 0 Å². The quantitative estimate of drug-likeness (QED) is 0.136. The van der Waals surface area contributed by atoms with Crippen LogP contribution in [0.15, 0.2) is 0 Å². The van der Waals surface area contributed by atoms with Gasteiger partial charge in [0.15, 0.2) is 0 Å². The molecule has 1 saturated heterocycles. The molecule has 0 spiro atoms. The highest BCUT2D eigenvalue weighted by Gasteiger charge is 2.36. The highest BCUT2D eigenvalue weighted by atomic mass is 16.6. The lowest BCUT2D eigenvalue weighted by atomic mass is 10.0. The first-order chi connectivity index (χ1) is 13.8. The zero-order valence-electron chi connectivity index (χ0n) is 19.3. The Labute approximate surface area is 176 Å². The van der Waals surface area contributed by atoms with E-state index in [0.717, 1.165) is 25.7 Å². The predicted molar refractivity (Wildman–Crippen MR) is 122 cm³/mol. The monoisotopic (exact) mass is 394 g/mol. The normalized spacial score (nSPS) is 18.5. The molecule has 1 aliphatic rings. The van der Waals surface area contributed by atoms with Crippen molar-refractivity contribution in [1.82, 2.24) is 0 Å². The van der Waals surface area contributed by atoms with Crippen molar-refractivity contribution >= 4 is 5.78 Å². The zero-order valence-corrected chi connectivity index (χ0v) is 19.3. The third-order valence-electron chi connectivity index (χ3n) is 6.28. The third kappa shape index (κ3) is 15.5. The maximum atomic E-state index is 11.9. The van der Waals surface area contributed by atoms with Crippen LogP contribution in [0.2, 0.25) is 0 Å². The average molecular weight is 395 g/mol. The summed E-state index contributed by atoms with van der Waals surface area (Å²) in [5, 5.41) is 0. The van der Waals surface area contributed by atoms with E-state index in [1.54, 1.807) is 0 Å². The number of hydrogen-bond acceptors (Lipinski definition) is 2. The number of ether oxygens (including phenoxy) is 1. The summed E-state index contributed by atoms with van der Waals surface area (Å²) in [6.45, 7) is 4.52. The Bertz CT molecular complexity index is 352. The fourth-order valence-corrected chi connectivity index (χ4v) is 4.24. The van der Waals surface area contributed by atoms with Gasteiger partial charge in [0.05, 0.1) is 12.2 Å². The van der Waals surface area contributed by atoms with Gasteiger partial charge in [0, 0.05) is 12.8 Å². The molecule has 28 heavy (non-hydrogen) atoms. The third-order valence-corrected chi connectivity index (χ3v) is 6.28. The Balaban J connectivity index is 1.76. The Morgan fingerprint density at radius 3 is 1.32 bits per heavy atom. The van der Waals surface area contributed by atoms with Gasteiger partial charge in [-0.3, -0.25) is 4.79 Å². The maximum Gasteiger partial charge on any atom is 0.132 e. The van der Waals surface area contributed by atoms with Crippen LogP contribution in [0.3, 0.4) is 0 Å². The van der Waals surface area contributed by atoms with Gasteiger partial charge in [-0.25, -0.2) is 0 Å². The van der Waals surface area contributed by atoms with Gasteiger partial charge in [0.25, 0.3) is 0 Å². The van der Waals surface area contributed by atoms with Crippen LogP contribution < -0.4 is 0 Å². The maximum absolute atomic E-state index is 11.9. The summed E-state index contributed by atoms with van der Waals surface area (Å²) in [4.78, 5) is 11.9. The van der Waals surface area contributed by atoms with Crippen LogP contribution >= 0.6 is 0 Å². The van der Waals surface area contributed by atoms with Crippen LogP contribution in [-0.4, -0.2) is 18.0 Å². The number of carbonyl (C=O) groups is 1. The summed E-state index contributed by atoms with van der Waals surface area (Å²) in [5.74, 6) is 0.499. The molecule has 2 unspecified atom stereocenters. The molecular weight excluding hydrogens is 344 g/mol. The van der Waals surface area contributed by atoms with Crippen molar-refractivity contribution in [3.8, 4) is 0 Å². The van der Waals surface area contributed by atoms with E-state index in [-0.39, 0.29) is 0 Å².